The molecule has 1 N–H and O–H groups in total. The highest BCUT2D eigenvalue weighted by Gasteiger charge is 2.15. The van der Waals surface area contributed by atoms with Gasteiger partial charge in [-0.25, -0.2) is 0 Å². The van der Waals surface area contributed by atoms with Gasteiger partial charge in [-0.2, -0.15) is 0 Å². The second kappa shape index (κ2) is 6.19. The zero-order chi connectivity index (χ0) is 7.52. The first-order valence-electron chi connectivity index (χ1n) is 4.10. The van der Waals surface area contributed by atoms with Crippen molar-refractivity contribution in [2.45, 2.75) is 18.9 Å². The van der Waals surface area contributed by atoms with Crippen molar-refractivity contribution in [3.63, 3.8) is 0 Å². The smallest absolute Gasteiger partial charge is 0.0335 e. The van der Waals surface area contributed by atoms with E-state index in [1.54, 1.807) is 0 Å². The van der Waals surface area contributed by atoms with E-state index in [0.717, 1.165) is 6.54 Å². The molecule has 1 aromatic heterocycles. The Labute approximate surface area is 91.0 Å². The van der Waals surface area contributed by atoms with Crippen LogP contribution in [0.25, 0.3) is 0 Å². The molecule has 2 nitrogen and oxygen atoms in total. The fourth-order valence-corrected chi connectivity index (χ4v) is 1.55. The van der Waals surface area contributed by atoms with Gasteiger partial charge in [0.05, 0.1) is 0 Å². The molecule has 0 radical (unpaired) electrons. The summed E-state index contributed by atoms with van der Waals surface area (Å²) in [6.45, 7) is 1.15. The summed E-state index contributed by atoms with van der Waals surface area (Å²) in [5, 5.41) is 3.43. The molecule has 1 aliphatic heterocycles. The molecule has 0 saturated carbocycles. The van der Waals surface area contributed by atoms with Gasteiger partial charge in [0.15, 0.2) is 0 Å². The van der Waals surface area contributed by atoms with Crippen LogP contribution in [0.4, 0.5) is 0 Å². The summed E-state index contributed by atoms with van der Waals surface area (Å²) in [5.74, 6) is 0. The van der Waals surface area contributed by atoms with Gasteiger partial charge in [-0.05, 0) is 31.0 Å². The van der Waals surface area contributed by atoms with E-state index in [9.17, 15) is 0 Å². The van der Waals surface area contributed by atoms with E-state index in [1.165, 1.54) is 18.4 Å². The minimum atomic E-state index is 0. The quantitative estimate of drug-likeness (QED) is 0.787. The van der Waals surface area contributed by atoms with Crippen molar-refractivity contribution in [1.29, 1.82) is 0 Å². The van der Waals surface area contributed by atoms with E-state index >= 15 is 0 Å². The van der Waals surface area contributed by atoms with Crippen LogP contribution in [-0.4, -0.2) is 11.5 Å². The summed E-state index contributed by atoms with van der Waals surface area (Å²) in [6, 6.07) is 4.69. The molecule has 0 unspecified atom stereocenters. The number of halogens is 2. The van der Waals surface area contributed by atoms with Crippen LogP contribution in [0, 0.1) is 0 Å². The third kappa shape index (κ3) is 3.14. The number of pyridine rings is 1. The number of nitrogens with one attached hydrogen (secondary N) is 1. The minimum absolute atomic E-state index is 0. The Kier molecular flexibility index (Phi) is 6.04. The van der Waals surface area contributed by atoms with Crippen molar-refractivity contribution in [2.75, 3.05) is 6.54 Å². The third-order valence-corrected chi connectivity index (χ3v) is 2.15. The Morgan fingerprint density at radius 2 is 2.23 bits per heavy atom. The molecule has 1 aliphatic rings. The van der Waals surface area contributed by atoms with E-state index in [0.29, 0.717) is 6.04 Å². The van der Waals surface area contributed by atoms with Gasteiger partial charge in [-0.1, -0.05) is 6.07 Å². The van der Waals surface area contributed by atoms with Gasteiger partial charge in [-0.3, -0.25) is 4.98 Å². The Hall–Kier alpha value is -0.310. The van der Waals surface area contributed by atoms with Crippen LogP contribution in [0.1, 0.15) is 24.4 Å². The van der Waals surface area contributed by atoms with Crippen molar-refractivity contribution >= 4 is 24.8 Å². The van der Waals surface area contributed by atoms with Crippen LogP contribution in [-0.2, 0) is 0 Å². The maximum absolute atomic E-state index is 4.09. The molecule has 1 atom stereocenters. The molecule has 2 heterocycles. The van der Waals surface area contributed by atoms with Crippen molar-refractivity contribution in [3.05, 3.63) is 30.1 Å². The first kappa shape index (κ1) is 12.7. The Morgan fingerprint density at radius 1 is 1.38 bits per heavy atom. The number of aromatic nitrogens is 1. The zero-order valence-electron chi connectivity index (χ0n) is 7.27. The highest BCUT2D eigenvalue weighted by molar-refractivity contribution is 5.85. The number of hydrogen-bond acceptors (Lipinski definition) is 2. The lowest BCUT2D eigenvalue weighted by Crippen LogP contribution is -2.12. The average molecular weight is 221 g/mol. The zero-order valence-corrected chi connectivity index (χ0v) is 8.90. The van der Waals surface area contributed by atoms with Gasteiger partial charge in [0.1, 0.15) is 0 Å². The normalized spacial score (nSPS) is 20.2. The molecule has 0 aliphatic carbocycles. The highest BCUT2D eigenvalue weighted by atomic mass is 35.5. The minimum Gasteiger partial charge on any atom is -0.310 e. The summed E-state index contributed by atoms with van der Waals surface area (Å²) in [7, 11) is 0. The molecule has 13 heavy (non-hydrogen) atoms. The largest absolute Gasteiger partial charge is 0.310 e. The van der Waals surface area contributed by atoms with E-state index in [4.69, 9.17) is 0 Å². The molecule has 0 amide bonds. The Morgan fingerprint density at radius 3 is 2.77 bits per heavy atom. The lowest BCUT2D eigenvalue weighted by Gasteiger charge is -2.08. The van der Waals surface area contributed by atoms with Crippen molar-refractivity contribution in [1.82, 2.24) is 10.3 Å². The predicted molar refractivity (Wildman–Crippen MR) is 58.7 cm³/mol. The summed E-state index contributed by atoms with van der Waals surface area (Å²) >= 11 is 0. The third-order valence-electron chi connectivity index (χ3n) is 2.15. The number of hydrogen-bond donors (Lipinski definition) is 1. The molecule has 0 aromatic carbocycles. The monoisotopic (exact) mass is 220 g/mol. The van der Waals surface area contributed by atoms with Crippen molar-refractivity contribution in [3.8, 4) is 0 Å². The molecular weight excluding hydrogens is 207 g/mol. The van der Waals surface area contributed by atoms with E-state index in [1.807, 2.05) is 18.5 Å². The second-order valence-corrected chi connectivity index (χ2v) is 2.94. The maximum Gasteiger partial charge on any atom is 0.0335 e. The average Bonchev–Trinajstić information content (AvgIpc) is 2.58. The van der Waals surface area contributed by atoms with E-state index < -0.39 is 0 Å². The van der Waals surface area contributed by atoms with Crippen LogP contribution in [0.3, 0.4) is 0 Å². The van der Waals surface area contributed by atoms with Gasteiger partial charge in [0, 0.05) is 18.4 Å². The van der Waals surface area contributed by atoms with Gasteiger partial charge < -0.3 is 5.32 Å². The first-order valence-corrected chi connectivity index (χ1v) is 4.10. The SMILES string of the molecule is Cl.Cl.c1cncc([C@H]2CCCN2)c1. The molecule has 4 heteroatoms. The molecule has 2 rings (SSSR count). The first-order chi connectivity index (χ1) is 5.47. The van der Waals surface area contributed by atoms with Gasteiger partial charge in [0.2, 0.25) is 0 Å². The van der Waals surface area contributed by atoms with Gasteiger partial charge in [0.25, 0.3) is 0 Å². The number of rotatable bonds is 1. The van der Waals surface area contributed by atoms with Crippen LogP contribution < -0.4 is 5.32 Å². The summed E-state index contributed by atoms with van der Waals surface area (Å²) in [4.78, 5) is 4.09. The topological polar surface area (TPSA) is 24.9 Å². The lowest BCUT2D eigenvalue weighted by atomic mass is 10.1. The molecule has 0 spiro atoms. The van der Waals surface area contributed by atoms with Crippen LogP contribution in [0.2, 0.25) is 0 Å². The molecule has 74 valence electrons. The Balaban J connectivity index is 0.000000720. The lowest BCUT2D eigenvalue weighted by molar-refractivity contribution is 0.645. The standard InChI is InChI=1S/C9H12N2.2ClH/c1-3-8(7-10-5-1)9-4-2-6-11-9;;/h1,3,5,7,9,11H,2,4,6H2;2*1H/t9-;;/m1../s1. The Bertz CT molecular complexity index is 222. The molecule has 1 fully saturated rings. The van der Waals surface area contributed by atoms with Crippen molar-refractivity contribution in [2.24, 2.45) is 0 Å². The van der Waals surface area contributed by atoms with Gasteiger partial charge >= 0.3 is 0 Å². The fraction of sp³-hybridized carbons (Fsp3) is 0.444. The van der Waals surface area contributed by atoms with Crippen LogP contribution in [0.5, 0.6) is 0 Å². The predicted octanol–water partition coefficient (Wildman–Crippen LogP) is 2.35. The second-order valence-electron chi connectivity index (χ2n) is 2.94. The summed E-state index contributed by atoms with van der Waals surface area (Å²) in [5.41, 5.74) is 1.32. The van der Waals surface area contributed by atoms with Crippen LogP contribution in [0.15, 0.2) is 24.5 Å². The van der Waals surface area contributed by atoms with E-state index in [-0.39, 0.29) is 24.8 Å². The molecule has 1 saturated heterocycles. The van der Waals surface area contributed by atoms with Gasteiger partial charge in [-0.15, -0.1) is 24.8 Å². The summed E-state index contributed by atoms with van der Waals surface area (Å²) < 4.78 is 0. The highest BCUT2D eigenvalue weighted by Crippen LogP contribution is 2.21. The van der Waals surface area contributed by atoms with Crippen LogP contribution >= 0.6 is 24.8 Å². The maximum atomic E-state index is 4.09. The van der Waals surface area contributed by atoms with E-state index in [2.05, 4.69) is 16.4 Å². The molecule has 1 aromatic rings. The number of nitrogens with zero attached hydrogens (tertiary/aromatic N) is 1. The van der Waals surface area contributed by atoms with Crippen molar-refractivity contribution < 1.29 is 0 Å². The fourth-order valence-electron chi connectivity index (χ4n) is 1.55. The molecular formula is C9H14Cl2N2. The summed E-state index contributed by atoms with van der Waals surface area (Å²) in [6.07, 6.45) is 6.31. The molecule has 0 bridgehead atoms.